The Balaban J connectivity index is 2.03. The van der Waals surface area contributed by atoms with Crippen molar-refractivity contribution in [2.75, 3.05) is 11.9 Å². The summed E-state index contributed by atoms with van der Waals surface area (Å²) in [5.41, 5.74) is 0.890. The molecule has 0 bridgehead atoms. The second-order valence-corrected chi connectivity index (χ2v) is 4.59. The SMILES string of the molecule is O=C(O)c1ccc(Cl)cc1NCCC1CC1. The number of benzene rings is 1. The third-order valence-corrected chi connectivity index (χ3v) is 3.01. The molecule has 16 heavy (non-hydrogen) atoms. The lowest BCUT2D eigenvalue weighted by atomic mass is 10.1. The number of nitrogens with one attached hydrogen (secondary N) is 1. The first-order valence-corrected chi connectivity index (χ1v) is 5.81. The molecular formula is C12H14ClNO2. The van der Waals surface area contributed by atoms with E-state index >= 15 is 0 Å². The Hall–Kier alpha value is -1.22. The summed E-state index contributed by atoms with van der Waals surface area (Å²) in [4.78, 5) is 11.0. The molecule has 0 radical (unpaired) electrons. The molecule has 0 atom stereocenters. The summed E-state index contributed by atoms with van der Waals surface area (Å²) < 4.78 is 0. The van der Waals surface area contributed by atoms with Crippen LogP contribution in [0.1, 0.15) is 29.6 Å². The Labute approximate surface area is 99.4 Å². The van der Waals surface area contributed by atoms with Crippen LogP contribution in [0.2, 0.25) is 5.02 Å². The van der Waals surface area contributed by atoms with Crippen molar-refractivity contribution >= 4 is 23.3 Å². The summed E-state index contributed by atoms with van der Waals surface area (Å²) in [7, 11) is 0. The third kappa shape index (κ3) is 2.89. The Morgan fingerprint density at radius 3 is 2.88 bits per heavy atom. The Kier molecular flexibility index (Phi) is 3.34. The van der Waals surface area contributed by atoms with Gasteiger partial charge in [0.1, 0.15) is 0 Å². The molecule has 86 valence electrons. The molecule has 3 nitrogen and oxygen atoms in total. The fourth-order valence-corrected chi connectivity index (χ4v) is 1.84. The van der Waals surface area contributed by atoms with Gasteiger partial charge in [-0.3, -0.25) is 0 Å². The number of rotatable bonds is 5. The van der Waals surface area contributed by atoms with Crippen molar-refractivity contribution in [3.63, 3.8) is 0 Å². The topological polar surface area (TPSA) is 49.3 Å². The van der Waals surface area contributed by atoms with Crippen molar-refractivity contribution in [2.24, 2.45) is 5.92 Å². The monoisotopic (exact) mass is 239 g/mol. The highest BCUT2D eigenvalue weighted by Gasteiger charge is 2.20. The Morgan fingerprint density at radius 2 is 2.25 bits per heavy atom. The van der Waals surface area contributed by atoms with Crippen LogP contribution < -0.4 is 5.32 Å². The summed E-state index contributed by atoms with van der Waals surface area (Å²) in [6, 6.07) is 4.79. The van der Waals surface area contributed by atoms with Gasteiger partial charge in [-0.15, -0.1) is 0 Å². The van der Waals surface area contributed by atoms with E-state index in [-0.39, 0.29) is 5.56 Å². The molecule has 2 rings (SSSR count). The van der Waals surface area contributed by atoms with E-state index in [0.717, 1.165) is 18.9 Å². The molecular weight excluding hydrogens is 226 g/mol. The van der Waals surface area contributed by atoms with Crippen LogP contribution in [0.3, 0.4) is 0 Å². The number of carboxylic acids is 1. The number of hydrogen-bond donors (Lipinski definition) is 2. The maximum absolute atomic E-state index is 11.0. The van der Waals surface area contributed by atoms with E-state index in [2.05, 4.69) is 5.32 Å². The average Bonchev–Trinajstić information content (AvgIpc) is 3.01. The lowest BCUT2D eigenvalue weighted by molar-refractivity contribution is 0.0698. The molecule has 2 N–H and O–H groups in total. The molecule has 1 aromatic carbocycles. The lowest BCUT2D eigenvalue weighted by Gasteiger charge is -2.09. The van der Waals surface area contributed by atoms with E-state index in [9.17, 15) is 4.79 Å². The minimum atomic E-state index is -0.925. The van der Waals surface area contributed by atoms with Gasteiger partial charge in [-0.25, -0.2) is 4.79 Å². The molecule has 1 aromatic rings. The Morgan fingerprint density at radius 1 is 1.50 bits per heavy atom. The first-order chi connectivity index (χ1) is 7.66. The molecule has 0 amide bonds. The highest BCUT2D eigenvalue weighted by Crippen LogP contribution is 2.32. The smallest absolute Gasteiger partial charge is 0.337 e. The van der Waals surface area contributed by atoms with Crippen LogP contribution in [-0.4, -0.2) is 17.6 Å². The molecule has 1 aliphatic rings. The predicted molar refractivity (Wildman–Crippen MR) is 64.2 cm³/mol. The van der Waals surface area contributed by atoms with Gasteiger partial charge in [-0.1, -0.05) is 24.4 Å². The molecule has 0 spiro atoms. The van der Waals surface area contributed by atoms with Crippen LogP contribution >= 0.6 is 11.6 Å². The van der Waals surface area contributed by atoms with Crippen LogP contribution in [-0.2, 0) is 0 Å². The van der Waals surface area contributed by atoms with E-state index in [1.54, 1.807) is 12.1 Å². The molecule has 0 heterocycles. The molecule has 0 aliphatic heterocycles. The molecule has 1 aliphatic carbocycles. The van der Waals surface area contributed by atoms with Crippen molar-refractivity contribution in [1.29, 1.82) is 0 Å². The molecule has 1 fully saturated rings. The van der Waals surface area contributed by atoms with Gasteiger partial charge in [0, 0.05) is 11.6 Å². The van der Waals surface area contributed by atoms with E-state index in [0.29, 0.717) is 10.7 Å². The van der Waals surface area contributed by atoms with Crippen LogP contribution in [0.25, 0.3) is 0 Å². The zero-order chi connectivity index (χ0) is 11.5. The van der Waals surface area contributed by atoms with Gasteiger partial charge in [0.25, 0.3) is 0 Å². The molecule has 0 aromatic heterocycles. The number of hydrogen-bond acceptors (Lipinski definition) is 2. The highest BCUT2D eigenvalue weighted by molar-refractivity contribution is 6.31. The van der Waals surface area contributed by atoms with Crippen LogP contribution in [0.4, 0.5) is 5.69 Å². The van der Waals surface area contributed by atoms with E-state index in [1.165, 1.54) is 18.9 Å². The molecule has 0 saturated heterocycles. The fourth-order valence-electron chi connectivity index (χ4n) is 1.67. The van der Waals surface area contributed by atoms with Gasteiger partial charge in [0.15, 0.2) is 0 Å². The maximum atomic E-state index is 11.0. The van der Waals surface area contributed by atoms with Gasteiger partial charge < -0.3 is 10.4 Å². The zero-order valence-electron chi connectivity index (χ0n) is 8.87. The van der Waals surface area contributed by atoms with Crippen LogP contribution in [0, 0.1) is 5.92 Å². The zero-order valence-corrected chi connectivity index (χ0v) is 9.63. The molecule has 1 saturated carbocycles. The summed E-state index contributed by atoms with van der Waals surface area (Å²) in [5, 5.41) is 12.7. The number of anilines is 1. The predicted octanol–water partition coefficient (Wildman–Crippen LogP) is 3.25. The standard InChI is InChI=1S/C12H14ClNO2/c13-9-3-4-10(12(15)16)11(7-9)14-6-5-8-1-2-8/h3-4,7-8,14H,1-2,5-6H2,(H,15,16). The van der Waals surface area contributed by atoms with Gasteiger partial charge in [-0.2, -0.15) is 0 Å². The Bertz CT molecular complexity index is 402. The van der Waals surface area contributed by atoms with Crippen molar-refractivity contribution in [3.8, 4) is 0 Å². The summed E-state index contributed by atoms with van der Waals surface area (Å²) in [5.74, 6) is -0.0921. The summed E-state index contributed by atoms with van der Waals surface area (Å²) in [6.45, 7) is 0.811. The molecule has 4 heteroatoms. The maximum Gasteiger partial charge on any atom is 0.337 e. The van der Waals surface area contributed by atoms with Gasteiger partial charge >= 0.3 is 5.97 Å². The second kappa shape index (κ2) is 4.74. The summed E-state index contributed by atoms with van der Waals surface area (Å²) >= 11 is 5.84. The first kappa shape index (κ1) is 11.3. The van der Waals surface area contributed by atoms with Crippen molar-refractivity contribution in [1.82, 2.24) is 0 Å². The largest absolute Gasteiger partial charge is 0.478 e. The van der Waals surface area contributed by atoms with Crippen molar-refractivity contribution < 1.29 is 9.90 Å². The summed E-state index contributed by atoms with van der Waals surface area (Å²) in [6.07, 6.45) is 3.72. The molecule has 0 unspecified atom stereocenters. The third-order valence-electron chi connectivity index (χ3n) is 2.78. The van der Waals surface area contributed by atoms with Gasteiger partial charge in [0.05, 0.1) is 11.3 Å². The van der Waals surface area contributed by atoms with Crippen LogP contribution in [0.5, 0.6) is 0 Å². The van der Waals surface area contributed by atoms with Crippen molar-refractivity contribution in [3.05, 3.63) is 28.8 Å². The first-order valence-electron chi connectivity index (χ1n) is 5.43. The number of halogens is 1. The highest BCUT2D eigenvalue weighted by atomic mass is 35.5. The van der Waals surface area contributed by atoms with Gasteiger partial charge in [0.2, 0.25) is 0 Å². The van der Waals surface area contributed by atoms with Gasteiger partial charge in [-0.05, 0) is 30.5 Å². The lowest BCUT2D eigenvalue weighted by Crippen LogP contribution is -2.08. The van der Waals surface area contributed by atoms with E-state index in [4.69, 9.17) is 16.7 Å². The quantitative estimate of drug-likeness (QED) is 0.829. The van der Waals surface area contributed by atoms with Crippen molar-refractivity contribution in [2.45, 2.75) is 19.3 Å². The van der Waals surface area contributed by atoms with E-state index < -0.39 is 5.97 Å². The number of carboxylic acid groups (broad SMARTS) is 1. The number of aromatic carboxylic acids is 1. The second-order valence-electron chi connectivity index (χ2n) is 4.15. The van der Waals surface area contributed by atoms with E-state index in [1.807, 2.05) is 0 Å². The fraction of sp³-hybridized carbons (Fsp3) is 0.417. The average molecular weight is 240 g/mol. The minimum Gasteiger partial charge on any atom is -0.478 e. The van der Waals surface area contributed by atoms with Crippen LogP contribution in [0.15, 0.2) is 18.2 Å². The number of carbonyl (C=O) groups is 1. The minimum absolute atomic E-state index is 0.278. The normalized spacial score (nSPS) is 14.8.